The van der Waals surface area contributed by atoms with E-state index in [0.717, 1.165) is 47.5 Å². The predicted octanol–water partition coefficient (Wildman–Crippen LogP) is 4.77. The highest BCUT2D eigenvalue weighted by Crippen LogP contribution is 2.34. The van der Waals surface area contributed by atoms with Crippen molar-refractivity contribution in [2.45, 2.75) is 65.5 Å². The third-order valence-corrected chi connectivity index (χ3v) is 5.85. The fraction of sp³-hybridized carbons (Fsp3) is 0.519. The Morgan fingerprint density at radius 2 is 1.94 bits per heavy atom. The number of phenolic OH excluding ortho intramolecular Hbond substituents is 1. The molecule has 6 nitrogen and oxygen atoms in total. The number of rotatable bonds is 4. The van der Waals surface area contributed by atoms with Crippen LogP contribution in [-0.2, 0) is 23.3 Å². The number of ether oxygens (including phenoxy) is 2. The SMILES string of the molecule is CCOc1cccc2c1OCCCCCNC(=O)CN(Cc1cc(C(C)(C)C)ccc1O)C2. The lowest BCUT2D eigenvalue weighted by molar-refractivity contribution is -0.122. The maximum Gasteiger partial charge on any atom is 0.234 e. The zero-order valence-electron chi connectivity index (χ0n) is 20.4. The number of carbonyl (C=O) groups is 1. The Bertz CT molecular complexity index is 936. The van der Waals surface area contributed by atoms with Crippen molar-refractivity contribution < 1.29 is 19.4 Å². The third-order valence-electron chi connectivity index (χ3n) is 5.85. The van der Waals surface area contributed by atoms with Gasteiger partial charge in [0, 0.05) is 30.8 Å². The van der Waals surface area contributed by atoms with Gasteiger partial charge in [0.15, 0.2) is 11.5 Å². The molecule has 1 aliphatic heterocycles. The molecule has 0 saturated heterocycles. The van der Waals surface area contributed by atoms with Gasteiger partial charge in [-0.25, -0.2) is 0 Å². The molecule has 0 unspecified atom stereocenters. The van der Waals surface area contributed by atoms with E-state index in [-0.39, 0.29) is 23.6 Å². The lowest BCUT2D eigenvalue weighted by atomic mass is 9.86. The molecule has 2 aromatic carbocycles. The van der Waals surface area contributed by atoms with E-state index in [1.54, 1.807) is 6.07 Å². The van der Waals surface area contributed by atoms with E-state index in [9.17, 15) is 9.90 Å². The van der Waals surface area contributed by atoms with Crippen LogP contribution in [0.3, 0.4) is 0 Å². The van der Waals surface area contributed by atoms with E-state index >= 15 is 0 Å². The number of aromatic hydroxyl groups is 1. The van der Waals surface area contributed by atoms with Crippen LogP contribution in [0.1, 0.15) is 63.6 Å². The fourth-order valence-electron chi connectivity index (χ4n) is 4.01. The molecule has 2 aromatic rings. The monoisotopic (exact) mass is 454 g/mol. The molecule has 0 aliphatic carbocycles. The number of nitrogens with one attached hydrogen (secondary N) is 1. The molecule has 3 rings (SSSR count). The number of para-hydroxylation sites is 1. The lowest BCUT2D eigenvalue weighted by Crippen LogP contribution is -2.37. The summed E-state index contributed by atoms with van der Waals surface area (Å²) in [6.07, 6.45) is 2.83. The van der Waals surface area contributed by atoms with Gasteiger partial charge in [0.25, 0.3) is 0 Å². The Labute approximate surface area is 197 Å². The van der Waals surface area contributed by atoms with E-state index in [1.165, 1.54) is 0 Å². The van der Waals surface area contributed by atoms with E-state index in [2.05, 4.69) is 26.1 Å². The number of benzene rings is 2. The van der Waals surface area contributed by atoms with Crippen molar-refractivity contribution in [1.82, 2.24) is 10.2 Å². The average Bonchev–Trinajstić information content (AvgIpc) is 2.76. The largest absolute Gasteiger partial charge is 0.508 e. The van der Waals surface area contributed by atoms with Crippen LogP contribution >= 0.6 is 0 Å². The minimum absolute atomic E-state index is 0.0101. The molecule has 33 heavy (non-hydrogen) atoms. The van der Waals surface area contributed by atoms with Crippen LogP contribution in [0, 0.1) is 0 Å². The highest BCUT2D eigenvalue weighted by atomic mass is 16.5. The number of fused-ring (bicyclic) bond motifs is 1. The second-order valence-electron chi connectivity index (χ2n) is 9.68. The van der Waals surface area contributed by atoms with Gasteiger partial charge >= 0.3 is 0 Å². The van der Waals surface area contributed by atoms with Gasteiger partial charge in [0.2, 0.25) is 5.91 Å². The van der Waals surface area contributed by atoms with Gasteiger partial charge in [-0.3, -0.25) is 9.69 Å². The van der Waals surface area contributed by atoms with Crippen LogP contribution < -0.4 is 14.8 Å². The van der Waals surface area contributed by atoms with Crippen LogP contribution in [0.5, 0.6) is 17.2 Å². The zero-order valence-corrected chi connectivity index (χ0v) is 20.4. The summed E-state index contributed by atoms with van der Waals surface area (Å²) in [6.45, 7) is 11.4. The van der Waals surface area contributed by atoms with Crippen molar-refractivity contribution >= 4 is 5.91 Å². The Morgan fingerprint density at radius 1 is 1.12 bits per heavy atom. The normalized spacial score (nSPS) is 16.4. The van der Waals surface area contributed by atoms with Gasteiger partial charge in [-0.2, -0.15) is 0 Å². The van der Waals surface area contributed by atoms with E-state index in [1.807, 2.05) is 42.2 Å². The molecule has 0 saturated carbocycles. The van der Waals surface area contributed by atoms with Crippen LogP contribution in [0.4, 0.5) is 0 Å². The molecule has 1 aliphatic rings. The number of hydrogen-bond donors (Lipinski definition) is 2. The first-order valence-electron chi connectivity index (χ1n) is 12.0. The molecule has 180 valence electrons. The molecule has 0 bridgehead atoms. The minimum atomic E-state index is -0.0350. The maximum atomic E-state index is 12.7. The molecule has 0 fully saturated rings. The molecule has 0 spiro atoms. The molecule has 0 radical (unpaired) electrons. The van der Waals surface area contributed by atoms with Crippen molar-refractivity contribution in [2.75, 3.05) is 26.3 Å². The molecular formula is C27H38N2O4. The number of phenols is 1. The van der Waals surface area contributed by atoms with Crippen molar-refractivity contribution in [3.63, 3.8) is 0 Å². The minimum Gasteiger partial charge on any atom is -0.508 e. The zero-order chi connectivity index (χ0) is 23.8. The third kappa shape index (κ3) is 7.13. The van der Waals surface area contributed by atoms with E-state index in [0.29, 0.717) is 32.8 Å². The molecule has 1 amide bonds. The van der Waals surface area contributed by atoms with Gasteiger partial charge < -0.3 is 19.9 Å². The molecule has 1 heterocycles. The van der Waals surface area contributed by atoms with Gasteiger partial charge in [-0.15, -0.1) is 0 Å². The highest BCUT2D eigenvalue weighted by Gasteiger charge is 2.21. The fourth-order valence-corrected chi connectivity index (χ4v) is 4.01. The quantitative estimate of drug-likeness (QED) is 0.696. The van der Waals surface area contributed by atoms with Crippen molar-refractivity contribution in [3.05, 3.63) is 53.1 Å². The smallest absolute Gasteiger partial charge is 0.234 e. The summed E-state index contributed by atoms with van der Waals surface area (Å²) in [5.74, 6) is 1.71. The average molecular weight is 455 g/mol. The summed E-state index contributed by atoms with van der Waals surface area (Å²) in [4.78, 5) is 14.8. The summed E-state index contributed by atoms with van der Waals surface area (Å²) in [5, 5.41) is 13.6. The van der Waals surface area contributed by atoms with Gasteiger partial charge in [0.1, 0.15) is 5.75 Å². The van der Waals surface area contributed by atoms with Crippen LogP contribution in [0.2, 0.25) is 0 Å². The highest BCUT2D eigenvalue weighted by molar-refractivity contribution is 5.78. The number of nitrogens with zero attached hydrogens (tertiary/aromatic N) is 1. The summed E-state index contributed by atoms with van der Waals surface area (Å²) in [7, 11) is 0. The Hall–Kier alpha value is -2.73. The Balaban J connectivity index is 1.94. The summed E-state index contributed by atoms with van der Waals surface area (Å²) >= 11 is 0. The topological polar surface area (TPSA) is 71.0 Å². The summed E-state index contributed by atoms with van der Waals surface area (Å²) < 4.78 is 12.0. The van der Waals surface area contributed by atoms with Crippen molar-refractivity contribution in [3.8, 4) is 17.2 Å². The molecule has 0 aromatic heterocycles. The van der Waals surface area contributed by atoms with Crippen LogP contribution in [-0.4, -0.2) is 42.2 Å². The van der Waals surface area contributed by atoms with Gasteiger partial charge in [0.05, 0.1) is 19.8 Å². The first-order chi connectivity index (χ1) is 15.8. The first-order valence-corrected chi connectivity index (χ1v) is 12.0. The molecule has 6 heteroatoms. The second kappa shape index (κ2) is 11.4. The Kier molecular flexibility index (Phi) is 8.61. The number of hydrogen-bond acceptors (Lipinski definition) is 5. The summed E-state index contributed by atoms with van der Waals surface area (Å²) in [5.41, 5.74) is 2.89. The summed E-state index contributed by atoms with van der Waals surface area (Å²) in [6, 6.07) is 11.7. The predicted molar refractivity (Wildman–Crippen MR) is 131 cm³/mol. The first kappa shape index (κ1) is 24.9. The molecule has 0 atom stereocenters. The molecular weight excluding hydrogens is 416 g/mol. The second-order valence-corrected chi connectivity index (χ2v) is 9.68. The van der Waals surface area contributed by atoms with Gasteiger partial charge in [-0.1, -0.05) is 45.0 Å². The number of carbonyl (C=O) groups excluding carboxylic acids is 1. The number of amides is 1. The molecule has 2 N–H and O–H groups in total. The van der Waals surface area contributed by atoms with E-state index in [4.69, 9.17) is 9.47 Å². The van der Waals surface area contributed by atoms with Crippen molar-refractivity contribution in [2.24, 2.45) is 0 Å². The van der Waals surface area contributed by atoms with Crippen molar-refractivity contribution in [1.29, 1.82) is 0 Å². The van der Waals surface area contributed by atoms with E-state index < -0.39 is 0 Å². The van der Waals surface area contributed by atoms with Crippen LogP contribution in [0.25, 0.3) is 0 Å². The maximum absolute atomic E-state index is 12.7. The standard InChI is InChI=1S/C27H38N2O4/c1-5-32-24-11-9-10-20-17-29(18-21-16-22(27(2,3)4)12-13-23(21)30)19-25(31)28-14-7-6-8-15-33-26(20)24/h9-13,16,30H,5-8,14-15,17-19H2,1-4H3,(H,28,31). The van der Waals surface area contributed by atoms with Crippen LogP contribution in [0.15, 0.2) is 36.4 Å². The van der Waals surface area contributed by atoms with Gasteiger partial charge in [-0.05, 0) is 49.3 Å². The lowest BCUT2D eigenvalue weighted by Gasteiger charge is -2.26. The Morgan fingerprint density at radius 3 is 2.70 bits per heavy atom.